The van der Waals surface area contributed by atoms with Crippen LogP contribution in [0.2, 0.25) is 5.02 Å². The van der Waals surface area contributed by atoms with E-state index in [4.69, 9.17) is 11.6 Å². The zero-order chi connectivity index (χ0) is 22.8. The van der Waals surface area contributed by atoms with Crippen LogP contribution in [0.4, 0.5) is 5.69 Å². The molecule has 7 nitrogen and oxygen atoms in total. The minimum absolute atomic E-state index is 0.243. The number of benzene rings is 2. The molecule has 2 aromatic carbocycles. The molecule has 4 aromatic rings. The third kappa shape index (κ3) is 4.84. The molecule has 0 aliphatic carbocycles. The Bertz CT molecular complexity index is 1300. The van der Waals surface area contributed by atoms with E-state index in [1.54, 1.807) is 18.2 Å². The van der Waals surface area contributed by atoms with Crippen LogP contribution in [0.25, 0.3) is 11.0 Å². The van der Waals surface area contributed by atoms with Crippen LogP contribution in [-0.4, -0.2) is 57.1 Å². The summed E-state index contributed by atoms with van der Waals surface area (Å²) in [7, 11) is 0. The van der Waals surface area contributed by atoms with Crippen LogP contribution in [0.15, 0.2) is 60.8 Å². The maximum Gasteiger partial charge on any atom is 0.335 e. The summed E-state index contributed by atoms with van der Waals surface area (Å²) < 4.78 is 0. The van der Waals surface area contributed by atoms with Crippen molar-refractivity contribution >= 4 is 34.3 Å². The van der Waals surface area contributed by atoms with Crippen molar-refractivity contribution in [1.29, 1.82) is 0 Å². The zero-order valence-corrected chi connectivity index (χ0v) is 18.8. The lowest BCUT2D eigenvalue weighted by Gasteiger charge is -2.36. The van der Waals surface area contributed by atoms with Crippen LogP contribution in [0.1, 0.15) is 27.4 Å². The Labute approximate surface area is 196 Å². The molecule has 33 heavy (non-hydrogen) atoms. The Morgan fingerprint density at radius 3 is 2.67 bits per heavy atom. The monoisotopic (exact) mass is 461 g/mol. The highest BCUT2D eigenvalue weighted by Gasteiger charge is 2.19. The smallest absolute Gasteiger partial charge is 0.335 e. The number of nitrogens with one attached hydrogen (secondary N) is 1. The minimum Gasteiger partial charge on any atom is -0.478 e. The van der Waals surface area contributed by atoms with Gasteiger partial charge in [-0.15, -0.1) is 0 Å². The molecule has 0 amide bonds. The largest absolute Gasteiger partial charge is 0.478 e. The number of carbonyl (C=O) groups is 1. The van der Waals surface area contributed by atoms with E-state index in [2.05, 4.69) is 43.0 Å². The number of anilines is 1. The summed E-state index contributed by atoms with van der Waals surface area (Å²) in [6, 6.07) is 17.1. The maximum atomic E-state index is 11.2. The number of nitrogens with zero attached hydrogens (tertiary/aromatic N) is 4. The van der Waals surface area contributed by atoms with Gasteiger partial charge in [-0.1, -0.05) is 23.7 Å². The fraction of sp³-hybridized carbons (Fsp3) is 0.240. The van der Waals surface area contributed by atoms with Gasteiger partial charge in [-0.2, -0.15) is 0 Å². The van der Waals surface area contributed by atoms with E-state index in [0.717, 1.165) is 66.0 Å². The molecule has 0 spiro atoms. The molecule has 0 saturated carbocycles. The summed E-state index contributed by atoms with van der Waals surface area (Å²) in [5.41, 5.74) is 4.97. The SMILES string of the molecule is O=C(O)c1ccc2nc(Cc3cc(CN4CCN(c5ccccc5Cl)CC4)ccn3)[nH]c2c1. The Morgan fingerprint density at radius 1 is 1.06 bits per heavy atom. The van der Waals surface area contributed by atoms with E-state index >= 15 is 0 Å². The lowest BCUT2D eigenvalue weighted by molar-refractivity contribution is 0.0697. The molecule has 1 aliphatic heterocycles. The van der Waals surface area contributed by atoms with Crippen molar-refractivity contribution in [3.05, 3.63) is 88.5 Å². The summed E-state index contributed by atoms with van der Waals surface area (Å²) in [6.45, 7) is 4.70. The first-order valence-corrected chi connectivity index (χ1v) is 11.3. The van der Waals surface area contributed by atoms with E-state index in [1.807, 2.05) is 24.4 Å². The molecule has 168 valence electrons. The van der Waals surface area contributed by atoms with Gasteiger partial charge in [0.15, 0.2) is 0 Å². The van der Waals surface area contributed by atoms with Crippen LogP contribution >= 0.6 is 11.6 Å². The quantitative estimate of drug-likeness (QED) is 0.447. The van der Waals surface area contributed by atoms with E-state index in [0.29, 0.717) is 6.42 Å². The lowest BCUT2D eigenvalue weighted by atomic mass is 10.1. The van der Waals surface area contributed by atoms with Gasteiger partial charge in [-0.05, 0) is 48.0 Å². The number of fused-ring (bicyclic) bond motifs is 1. The molecular formula is C25H24ClN5O2. The average Bonchev–Trinajstić information content (AvgIpc) is 3.22. The molecule has 0 radical (unpaired) electrons. The van der Waals surface area contributed by atoms with Gasteiger partial charge < -0.3 is 15.0 Å². The molecule has 1 fully saturated rings. The van der Waals surface area contributed by atoms with E-state index in [1.165, 1.54) is 5.56 Å². The third-order valence-corrected chi connectivity index (χ3v) is 6.30. The molecule has 0 atom stereocenters. The molecular weight excluding hydrogens is 438 g/mol. The van der Waals surface area contributed by atoms with Crippen molar-refractivity contribution in [2.45, 2.75) is 13.0 Å². The van der Waals surface area contributed by atoms with Crippen LogP contribution in [-0.2, 0) is 13.0 Å². The Morgan fingerprint density at radius 2 is 1.88 bits per heavy atom. The second-order valence-corrected chi connectivity index (χ2v) is 8.67. The normalized spacial score (nSPS) is 14.6. The highest BCUT2D eigenvalue weighted by atomic mass is 35.5. The standard InChI is InChI=1S/C25H24ClN5O2/c26-20-3-1-2-4-23(20)31-11-9-30(10-12-31)16-17-7-8-27-19(13-17)15-24-28-21-6-5-18(25(32)33)14-22(21)29-24/h1-8,13-14H,9-12,15-16H2,(H,28,29)(H,32,33). The highest BCUT2D eigenvalue weighted by Crippen LogP contribution is 2.26. The topological polar surface area (TPSA) is 85.3 Å². The van der Waals surface area contributed by atoms with Crippen LogP contribution in [0, 0.1) is 0 Å². The molecule has 1 aliphatic rings. The fourth-order valence-corrected chi connectivity index (χ4v) is 4.54. The number of aromatic carboxylic acids is 1. The molecule has 0 bridgehead atoms. The maximum absolute atomic E-state index is 11.2. The first-order valence-electron chi connectivity index (χ1n) is 10.9. The average molecular weight is 462 g/mol. The number of pyridine rings is 1. The van der Waals surface area contributed by atoms with E-state index < -0.39 is 5.97 Å². The summed E-state index contributed by atoms with van der Waals surface area (Å²) in [5, 5.41) is 9.98. The number of aromatic nitrogens is 3. The summed E-state index contributed by atoms with van der Waals surface area (Å²) in [4.78, 5) is 28.3. The predicted molar refractivity (Wildman–Crippen MR) is 129 cm³/mol. The van der Waals surface area contributed by atoms with Gasteiger partial charge in [0.2, 0.25) is 0 Å². The minimum atomic E-state index is -0.949. The fourth-order valence-electron chi connectivity index (χ4n) is 4.29. The van der Waals surface area contributed by atoms with Gasteiger partial charge in [0.05, 0.1) is 27.3 Å². The molecule has 5 rings (SSSR count). The lowest BCUT2D eigenvalue weighted by Crippen LogP contribution is -2.46. The zero-order valence-electron chi connectivity index (χ0n) is 18.0. The molecule has 8 heteroatoms. The molecule has 0 unspecified atom stereocenters. The molecule has 2 N–H and O–H groups in total. The number of imidazole rings is 1. The highest BCUT2D eigenvalue weighted by molar-refractivity contribution is 6.33. The Kier molecular flexibility index (Phi) is 5.98. The second-order valence-electron chi connectivity index (χ2n) is 8.27. The number of hydrogen-bond donors (Lipinski definition) is 2. The number of aromatic amines is 1. The molecule has 3 heterocycles. The third-order valence-electron chi connectivity index (χ3n) is 5.98. The van der Waals surface area contributed by atoms with Crippen molar-refractivity contribution in [2.75, 3.05) is 31.1 Å². The van der Waals surface area contributed by atoms with Gasteiger partial charge >= 0.3 is 5.97 Å². The van der Waals surface area contributed by atoms with Gasteiger partial charge in [0.1, 0.15) is 5.82 Å². The van der Waals surface area contributed by atoms with Gasteiger partial charge in [-0.3, -0.25) is 9.88 Å². The van der Waals surface area contributed by atoms with Crippen molar-refractivity contribution in [1.82, 2.24) is 19.9 Å². The van der Waals surface area contributed by atoms with Crippen molar-refractivity contribution in [2.24, 2.45) is 0 Å². The van der Waals surface area contributed by atoms with E-state index in [9.17, 15) is 9.90 Å². The first-order chi connectivity index (χ1) is 16.0. The number of rotatable bonds is 6. The molecule has 2 aromatic heterocycles. The Balaban J connectivity index is 1.22. The van der Waals surface area contributed by atoms with Gasteiger partial charge in [-0.25, -0.2) is 9.78 Å². The number of halogens is 1. The number of hydrogen-bond acceptors (Lipinski definition) is 5. The second kappa shape index (κ2) is 9.21. The van der Waals surface area contributed by atoms with Crippen LogP contribution < -0.4 is 4.90 Å². The Hall–Kier alpha value is -3.42. The number of carboxylic acid groups (broad SMARTS) is 1. The van der Waals surface area contributed by atoms with Crippen LogP contribution in [0.5, 0.6) is 0 Å². The number of para-hydroxylation sites is 1. The van der Waals surface area contributed by atoms with E-state index in [-0.39, 0.29) is 5.56 Å². The predicted octanol–water partition coefficient (Wildman–Crippen LogP) is 4.22. The first kappa shape index (κ1) is 21.4. The number of piperazine rings is 1. The summed E-state index contributed by atoms with van der Waals surface area (Å²) in [5.74, 6) is -0.180. The summed E-state index contributed by atoms with van der Waals surface area (Å²) in [6.07, 6.45) is 2.40. The molecule has 1 saturated heterocycles. The van der Waals surface area contributed by atoms with Crippen molar-refractivity contribution < 1.29 is 9.90 Å². The number of H-pyrrole nitrogens is 1. The van der Waals surface area contributed by atoms with Crippen LogP contribution in [0.3, 0.4) is 0 Å². The van der Waals surface area contributed by atoms with Crippen molar-refractivity contribution in [3.8, 4) is 0 Å². The van der Waals surface area contributed by atoms with Gasteiger partial charge in [0, 0.05) is 51.0 Å². The number of carboxylic acids is 1. The van der Waals surface area contributed by atoms with Gasteiger partial charge in [0.25, 0.3) is 0 Å². The van der Waals surface area contributed by atoms with Crippen molar-refractivity contribution in [3.63, 3.8) is 0 Å². The summed E-state index contributed by atoms with van der Waals surface area (Å²) >= 11 is 6.36.